The van der Waals surface area contributed by atoms with Gasteiger partial charge in [-0.15, -0.1) is 0 Å². The summed E-state index contributed by atoms with van der Waals surface area (Å²) in [7, 11) is 3.87. The molecule has 3 rings (SSSR count). The molecule has 0 unspecified atom stereocenters. The van der Waals surface area contributed by atoms with Gasteiger partial charge in [0.05, 0.1) is 0 Å². The SMILES string of the molecule is CN(C)c1ccccc1-c1cccc(B2OCC(C)(C)CO2)c1. The van der Waals surface area contributed by atoms with Crippen LogP contribution in [0.25, 0.3) is 11.1 Å². The van der Waals surface area contributed by atoms with E-state index in [4.69, 9.17) is 9.31 Å². The molecule has 0 atom stereocenters. The van der Waals surface area contributed by atoms with Gasteiger partial charge in [-0.2, -0.15) is 0 Å². The van der Waals surface area contributed by atoms with Gasteiger partial charge in [-0.1, -0.05) is 56.3 Å². The van der Waals surface area contributed by atoms with Crippen molar-refractivity contribution in [2.24, 2.45) is 5.41 Å². The van der Waals surface area contributed by atoms with E-state index < -0.39 is 0 Å². The molecule has 1 saturated heterocycles. The second-order valence-corrected chi connectivity index (χ2v) is 7.16. The van der Waals surface area contributed by atoms with Crippen molar-refractivity contribution in [3.63, 3.8) is 0 Å². The Kier molecular flexibility index (Phi) is 4.47. The average Bonchev–Trinajstić information content (AvgIpc) is 2.55. The Morgan fingerprint density at radius 2 is 1.65 bits per heavy atom. The molecule has 2 aromatic carbocycles. The molecule has 1 aliphatic rings. The molecule has 23 heavy (non-hydrogen) atoms. The molecule has 4 heteroatoms. The molecular formula is C19H24BNO2. The van der Waals surface area contributed by atoms with Gasteiger partial charge in [0.2, 0.25) is 0 Å². The van der Waals surface area contributed by atoms with E-state index in [9.17, 15) is 0 Å². The summed E-state index contributed by atoms with van der Waals surface area (Å²) in [6.07, 6.45) is 0. The second kappa shape index (κ2) is 6.38. The molecule has 1 aliphatic heterocycles. The van der Waals surface area contributed by atoms with Crippen LogP contribution >= 0.6 is 0 Å². The number of nitrogens with zero attached hydrogens (tertiary/aromatic N) is 1. The highest BCUT2D eigenvalue weighted by atomic mass is 16.6. The molecule has 0 spiro atoms. The maximum Gasteiger partial charge on any atom is 0.493 e. The van der Waals surface area contributed by atoms with Gasteiger partial charge in [0, 0.05) is 44.0 Å². The molecule has 0 N–H and O–H groups in total. The summed E-state index contributed by atoms with van der Waals surface area (Å²) >= 11 is 0. The summed E-state index contributed by atoms with van der Waals surface area (Å²) in [6, 6.07) is 16.9. The molecule has 2 aromatic rings. The van der Waals surface area contributed by atoms with Crippen LogP contribution in [0.15, 0.2) is 48.5 Å². The Bertz CT molecular complexity index is 675. The first-order valence-electron chi connectivity index (χ1n) is 8.06. The molecule has 0 amide bonds. The van der Waals surface area contributed by atoms with Crippen molar-refractivity contribution in [1.82, 2.24) is 0 Å². The number of rotatable bonds is 3. The van der Waals surface area contributed by atoms with Crippen molar-refractivity contribution in [3.8, 4) is 11.1 Å². The normalized spacial score (nSPS) is 17.1. The van der Waals surface area contributed by atoms with Crippen molar-refractivity contribution in [2.45, 2.75) is 13.8 Å². The van der Waals surface area contributed by atoms with E-state index in [2.05, 4.69) is 81.4 Å². The van der Waals surface area contributed by atoms with Gasteiger partial charge in [0.1, 0.15) is 0 Å². The van der Waals surface area contributed by atoms with Crippen LogP contribution in [-0.4, -0.2) is 34.4 Å². The summed E-state index contributed by atoms with van der Waals surface area (Å²) in [5.74, 6) is 0. The van der Waals surface area contributed by atoms with Gasteiger partial charge in [0.15, 0.2) is 0 Å². The molecule has 3 nitrogen and oxygen atoms in total. The molecule has 0 aliphatic carbocycles. The minimum absolute atomic E-state index is 0.0889. The number of benzene rings is 2. The van der Waals surface area contributed by atoms with E-state index in [1.165, 1.54) is 16.8 Å². The van der Waals surface area contributed by atoms with Crippen LogP contribution in [0.5, 0.6) is 0 Å². The molecule has 0 saturated carbocycles. The van der Waals surface area contributed by atoms with E-state index >= 15 is 0 Å². The van der Waals surface area contributed by atoms with Crippen molar-refractivity contribution in [1.29, 1.82) is 0 Å². The Morgan fingerprint density at radius 1 is 0.957 bits per heavy atom. The molecule has 0 aromatic heterocycles. The van der Waals surface area contributed by atoms with E-state index in [1.807, 2.05) is 0 Å². The number of anilines is 1. The van der Waals surface area contributed by atoms with Gasteiger partial charge < -0.3 is 14.2 Å². The zero-order valence-electron chi connectivity index (χ0n) is 14.4. The summed E-state index contributed by atoms with van der Waals surface area (Å²) in [5.41, 5.74) is 4.77. The highest BCUT2D eigenvalue weighted by Crippen LogP contribution is 2.29. The van der Waals surface area contributed by atoms with Crippen molar-refractivity contribution < 1.29 is 9.31 Å². The molecule has 0 bridgehead atoms. The lowest BCUT2D eigenvalue weighted by Crippen LogP contribution is -2.47. The lowest BCUT2D eigenvalue weighted by molar-refractivity contribution is 0.0343. The fraction of sp³-hybridized carbons (Fsp3) is 0.368. The van der Waals surface area contributed by atoms with Crippen molar-refractivity contribution >= 4 is 18.3 Å². The Hall–Kier alpha value is -1.78. The van der Waals surface area contributed by atoms with E-state index in [0.717, 1.165) is 18.7 Å². The molecule has 120 valence electrons. The van der Waals surface area contributed by atoms with Crippen LogP contribution < -0.4 is 10.4 Å². The highest BCUT2D eigenvalue weighted by Gasteiger charge is 2.33. The van der Waals surface area contributed by atoms with Gasteiger partial charge in [-0.3, -0.25) is 0 Å². The summed E-state index contributed by atoms with van der Waals surface area (Å²) in [4.78, 5) is 2.14. The molecule has 0 radical (unpaired) electrons. The lowest BCUT2D eigenvalue weighted by atomic mass is 9.75. The fourth-order valence-corrected chi connectivity index (χ4v) is 2.85. The largest absolute Gasteiger partial charge is 0.493 e. The minimum atomic E-state index is -0.269. The van der Waals surface area contributed by atoms with Gasteiger partial charge in [-0.25, -0.2) is 0 Å². The van der Waals surface area contributed by atoms with Crippen LogP contribution in [0.1, 0.15) is 13.8 Å². The first kappa shape index (κ1) is 16.1. The number of hydrogen-bond acceptors (Lipinski definition) is 3. The van der Waals surface area contributed by atoms with E-state index in [1.54, 1.807) is 0 Å². The molecular weight excluding hydrogens is 285 g/mol. The third-order valence-electron chi connectivity index (χ3n) is 4.11. The van der Waals surface area contributed by atoms with Crippen LogP contribution in [0, 0.1) is 5.41 Å². The number of para-hydroxylation sites is 1. The van der Waals surface area contributed by atoms with Crippen molar-refractivity contribution in [2.75, 3.05) is 32.2 Å². The zero-order valence-corrected chi connectivity index (χ0v) is 14.4. The summed E-state index contributed by atoms with van der Waals surface area (Å²) in [6.45, 7) is 5.76. The monoisotopic (exact) mass is 309 g/mol. The summed E-state index contributed by atoms with van der Waals surface area (Å²) in [5, 5.41) is 0. The van der Waals surface area contributed by atoms with Crippen LogP contribution in [0.3, 0.4) is 0 Å². The number of hydrogen-bond donors (Lipinski definition) is 0. The van der Waals surface area contributed by atoms with E-state index in [0.29, 0.717) is 0 Å². The van der Waals surface area contributed by atoms with Gasteiger partial charge in [-0.05, 0) is 17.1 Å². The standard InChI is InChI=1S/C19H24BNO2/c1-19(2)13-22-20(23-14-19)16-9-7-8-15(12-16)17-10-5-6-11-18(17)21(3)4/h5-12H,13-14H2,1-4H3. The topological polar surface area (TPSA) is 21.7 Å². The van der Waals surface area contributed by atoms with Crippen LogP contribution in [-0.2, 0) is 9.31 Å². The first-order valence-corrected chi connectivity index (χ1v) is 8.06. The first-order chi connectivity index (χ1) is 11.0. The Morgan fingerprint density at radius 3 is 2.35 bits per heavy atom. The predicted molar refractivity (Wildman–Crippen MR) is 97.3 cm³/mol. The second-order valence-electron chi connectivity index (χ2n) is 7.16. The quantitative estimate of drug-likeness (QED) is 0.813. The third-order valence-corrected chi connectivity index (χ3v) is 4.11. The Labute approximate surface area is 139 Å². The van der Waals surface area contributed by atoms with Crippen LogP contribution in [0.4, 0.5) is 5.69 Å². The lowest BCUT2D eigenvalue weighted by Gasteiger charge is -2.33. The Balaban J connectivity index is 1.89. The minimum Gasteiger partial charge on any atom is -0.407 e. The van der Waals surface area contributed by atoms with Crippen molar-refractivity contribution in [3.05, 3.63) is 48.5 Å². The van der Waals surface area contributed by atoms with E-state index in [-0.39, 0.29) is 12.5 Å². The fourth-order valence-electron chi connectivity index (χ4n) is 2.85. The maximum atomic E-state index is 5.92. The smallest absolute Gasteiger partial charge is 0.407 e. The maximum absolute atomic E-state index is 5.92. The highest BCUT2D eigenvalue weighted by molar-refractivity contribution is 6.61. The third kappa shape index (κ3) is 3.60. The molecule has 1 heterocycles. The zero-order chi connectivity index (χ0) is 16.4. The molecule has 1 fully saturated rings. The predicted octanol–water partition coefficient (Wildman–Crippen LogP) is 3.19. The van der Waals surface area contributed by atoms with Gasteiger partial charge >= 0.3 is 7.12 Å². The van der Waals surface area contributed by atoms with Crippen LogP contribution in [0.2, 0.25) is 0 Å². The average molecular weight is 309 g/mol. The van der Waals surface area contributed by atoms with Gasteiger partial charge in [0.25, 0.3) is 0 Å². The summed E-state index contributed by atoms with van der Waals surface area (Å²) < 4.78 is 11.8.